The van der Waals surface area contributed by atoms with Crippen molar-refractivity contribution in [2.45, 2.75) is 19.4 Å². The lowest BCUT2D eigenvalue weighted by atomic mass is 9.95. The Kier molecular flexibility index (Phi) is 9.24. The number of aliphatic hydroxyl groups is 1. The third-order valence-electron chi connectivity index (χ3n) is 3.20. The number of methoxy groups -OCH3 is 1. The number of ether oxygens (including phenoxy) is 3. The maximum absolute atomic E-state index is 10.2. The summed E-state index contributed by atoms with van der Waals surface area (Å²) in [5, 5.41) is 10.2. The largest absolute Gasteiger partial charge is 0.388 e. The number of benzene rings is 1. The molecule has 0 saturated carbocycles. The first kappa shape index (κ1) is 17.1. The molecule has 0 amide bonds. The summed E-state index contributed by atoms with van der Waals surface area (Å²) in [6.45, 7) is 5.05. The van der Waals surface area contributed by atoms with Gasteiger partial charge in [-0.05, 0) is 17.9 Å². The van der Waals surface area contributed by atoms with E-state index >= 15 is 0 Å². The smallest absolute Gasteiger partial charge is 0.0816 e. The summed E-state index contributed by atoms with van der Waals surface area (Å²) in [6.07, 6.45) is 0.395. The molecule has 0 heterocycles. The second kappa shape index (κ2) is 10.8. The Morgan fingerprint density at radius 1 is 0.950 bits per heavy atom. The summed E-state index contributed by atoms with van der Waals surface area (Å²) in [6, 6.07) is 9.74. The fourth-order valence-corrected chi connectivity index (χ4v) is 1.87. The Balaban J connectivity index is 2.07. The van der Waals surface area contributed by atoms with E-state index in [1.165, 1.54) is 0 Å². The molecule has 1 N–H and O–H groups in total. The van der Waals surface area contributed by atoms with Crippen molar-refractivity contribution in [1.82, 2.24) is 0 Å². The molecule has 2 atom stereocenters. The zero-order valence-electron chi connectivity index (χ0n) is 12.5. The minimum atomic E-state index is -0.433. The molecule has 0 spiro atoms. The molecule has 0 bridgehead atoms. The van der Waals surface area contributed by atoms with Crippen LogP contribution < -0.4 is 0 Å². The van der Waals surface area contributed by atoms with Crippen molar-refractivity contribution >= 4 is 0 Å². The van der Waals surface area contributed by atoms with Gasteiger partial charge in [0.05, 0.1) is 32.5 Å². The summed E-state index contributed by atoms with van der Waals surface area (Å²) in [5.74, 6) is 0.173. The SMILES string of the molecule is COCCOCCOCCC(C)C(O)c1ccccc1. The molecule has 0 fully saturated rings. The summed E-state index contributed by atoms with van der Waals surface area (Å²) in [7, 11) is 1.65. The highest BCUT2D eigenvalue weighted by molar-refractivity contribution is 5.17. The van der Waals surface area contributed by atoms with E-state index in [2.05, 4.69) is 0 Å². The molecule has 4 heteroatoms. The zero-order chi connectivity index (χ0) is 14.6. The Bertz CT molecular complexity index is 329. The first-order valence-electron chi connectivity index (χ1n) is 7.13. The van der Waals surface area contributed by atoms with E-state index in [1.807, 2.05) is 37.3 Å². The van der Waals surface area contributed by atoms with Crippen LogP contribution in [0.15, 0.2) is 30.3 Å². The summed E-state index contributed by atoms with van der Waals surface area (Å²) in [5.41, 5.74) is 0.961. The predicted octanol–water partition coefficient (Wildman–Crippen LogP) is 2.43. The number of rotatable bonds is 11. The quantitative estimate of drug-likeness (QED) is 0.633. The number of hydrogen-bond donors (Lipinski definition) is 1. The molecule has 0 aliphatic heterocycles. The van der Waals surface area contributed by atoms with Gasteiger partial charge in [0.15, 0.2) is 0 Å². The average molecular weight is 282 g/mol. The highest BCUT2D eigenvalue weighted by atomic mass is 16.5. The lowest BCUT2D eigenvalue weighted by molar-refractivity contribution is 0.0160. The van der Waals surface area contributed by atoms with Crippen LogP contribution in [0.2, 0.25) is 0 Å². The topological polar surface area (TPSA) is 47.9 Å². The molecule has 0 saturated heterocycles. The third kappa shape index (κ3) is 7.01. The van der Waals surface area contributed by atoms with Crippen molar-refractivity contribution in [1.29, 1.82) is 0 Å². The fraction of sp³-hybridized carbons (Fsp3) is 0.625. The van der Waals surface area contributed by atoms with Crippen molar-refractivity contribution in [3.05, 3.63) is 35.9 Å². The van der Waals surface area contributed by atoms with E-state index in [1.54, 1.807) is 7.11 Å². The van der Waals surface area contributed by atoms with Gasteiger partial charge in [-0.25, -0.2) is 0 Å². The van der Waals surface area contributed by atoms with Crippen molar-refractivity contribution in [3.63, 3.8) is 0 Å². The van der Waals surface area contributed by atoms with Gasteiger partial charge in [-0.1, -0.05) is 37.3 Å². The van der Waals surface area contributed by atoms with Crippen LogP contribution in [-0.2, 0) is 14.2 Å². The minimum Gasteiger partial charge on any atom is -0.388 e. The first-order chi connectivity index (χ1) is 9.75. The van der Waals surface area contributed by atoms with Gasteiger partial charge in [0.2, 0.25) is 0 Å². The molecule has 0 aliphatic carbocycles. The molecule has 0 aliphatic rings. The van der Waals surface area contributed by atoms with E-state index in [-0.39, 0.29) is 5.92 Å². The second-order valence-corrected chi connectivity index (χ2v) is 4.84. The second-order valence-electron chi connectivity index (χ2n) is 4.84. The maximum Gasteiger partial charge on any atom is 0.0816 e. The van der Waals surface area contributed by atoms with Gasteiger partial charge < -0.3 is 19.3 Å². The van der Waals surface area contributed by atoms with Gasteiger partial charge in [-0.3, -0.25) is 0 Å². The maximum atomic E-state index is 10.2. The highest BCUT2D eigenvalue weighted by Gasteiger charge is 2.15. The van der Waals surface area contributed by atoms with Crippen LogP contribution in [0.5, 0.6) is 0 Å². The summed E-state index contributed by atoms with van der Waals surface area (Å²) in [4.78, 5) is 0. The predicted molar refractivity (Wildman–Crippen MR) is 78.7 cm³/mol. The van der Waals surface area contributed by atoms with E-state index in [9.17, 15) is 5.11 Å². The van der Waals surface area contributed by atoms with Gasteiger partial charge in [0.1, 0.15) is 0 Å². The lowest BCUT2D eigenvalue weighted by Crippen LogP contribution is -2.14. The van der Waals surface area contributed by atoms with E-state index in [4.69, 9.17) is 14.2 Å². The van der Waals surface area contributed by atoms with Crippen molar-refractivity contribution in [2.75, 3.05) is 40.1 Å². The number of hydrogen-bond acceptors (Lipinski definition) is 4. The molecule has 4 nitrogen and oxygen atoms in total. The van der Waals surface area contributed by atoms with Crippen LogP contribution in [-0.4, -0.2) is 45.3 Å². The van der Waals surface area contributed by atoms with Gasteiger partial charge in [-0.15, -0.1) is 0 Å². The van der Waals surface area contributed by atoms with Crippen LogP contribution in [0.1, 0.15) is 25.0 Å². The molecule has 0 aromatic heterocycles. The van der Waals surface area contributed by atoms with Gasteiger partial charge in [-0.2, -0.15) is 0 Å². The molecular formula is C16H26O4. The Morgan fingerprint density at radius 3 is 2.20 bits per heavy atom. The monoisotopic (exact) mass is 282 g/mol. The van der Waals surface area contributed by atoms with Crippen molar-refractivity contribution in [2.24, 2.45) is 5.92 Å². The van der Waals surface area contributed by atoms with Gasteiger partial charge in [0.25, 0.3) is 0 Å². The van der Waals surface area contributed by atoms with Crippen LogP contribution in [0.4, 0.5) is 0 Å². The van der Waals surface area contributed by atoms with E-state index < -0.39 is 6.10 Å². The Labute approximate surface area is 121 Å². The molecule has 1 rings (SSSR count). The van der Waals surface area contributed by atoms with Gasteiger partial charge >= 0.3 is 0 Å². The lowest BCUT2D eigenvalue weighted by Gasteiger charge is -2.19. The zero-order valence-corrected chi connectivity index (χ0v) is 12.5. The van der Waals surface area contributed by atoms with Gasteiger partial charge in [0, 0.05) is 13.7 Å². The van der Waals surface area contributed by atoms with Crippen molar-refractivity contribution < 1.29 is 19.3 Å². The molecule has 1 aromatic rings. The molecule has 20 heavy (non-hydrogen) atoms. The number of aliphatic hydroxyl groups excluding tert-OH is 1. The van der Waals surface area contributed by atoms with Crippen molar-refractivity contribution in [3.8, 4) is 0 Å². The molecule has 1 aromatic carbocycles. The normalized spacial score (nSPS) is 14.2. The fourth-order valence-electron chi connectivity index (χ4n) is 1.87. The Hall–Kier alpha value is -0.940. The van der Waals surface area contributed by atoms with E-state index in [0.29, 0.717) is 33.0 Å². The average Bonchev–Trinajstić information content (AvgIpc) is 2.50. The summed E-state index contributed by atoms with van der Waals surface area (Å²) >= 11 is 0. The highest BCUT2D eigenvalue weighted by Crippen LogP contribution is 2.23. The summed E-state index contributed by atoms with van der Waals surface area (Å²) < 4.78 is 15.7. The minimum absolute atomic E-state index is 0.173. The Morgan fingerprint density at radius 2 is 1.55 bits per heavy atom. The van der Waals surface area contributed by atoms with Crippen LogP contribution in [0.3, 0.4) is 0 Å². The van der Waals surface area contributed by atoms with Crippen LogP contribution in [0.25, 0.3) is 0 Å². The third-order valence-corrected chi connectivity index (χ3v) is 3.20. The van der Waals surface area contributed by atoms with E-state index in [0.717, 1.165) is 12.0 Å². The van der Waals surface area contributed by atoms with Crippen LogP contribution in [0, 0.1) is 5.92 Å². The van der Waals surface area contributed by atoms with Crippen LogP contribution >= 0.6 is 0 Å². The molecule has 2 unspecified atom stereocenters. The first-order valence-corrected chi connectivity index (χ1v) is 7.13. The molecular weight excluding hydrogens is 256 g/mol. The standard InChI is InChI=1S/C16H26O4/c1-14(16(17)15-6-4-3-5-7-15)8-9-19-12-13-20-11-10-18-2/h3-7,14,16-17H,8-13H2,1-2H3. The molecule has 0 radical (unpaired) electrons. The molecule has 114 valence electrons.